The highest BCUT2D eigenvalue weighted by Gasteiger charge is 2.30. The van der Waals surface area contributed by atoms with E-state index >= 15 is 0 Å². The predicted molar refractivity (Wildman–Crippen MR) is 83.4 cm³/mol. The number of halogens is 1. The molecule has 23 heavy (non-hydrogen) atoms. The van der Waals surface area contributed by atoms with Crippen molar-refractivity contribution in [3.8, 4) is 0 Å². The maximum absolute atomic E-state index is 13.8. The van der Waals surface area contributed by atoms with Crippen LogP contribution in [0.4, 0.5) is 20.6 Å². The van der Waals surface area contributed by atoms with Crippen molar-refractivity contribution in [1.29, 1.82) is 0 Å². The van der Waals surface area contributed by atoms with Crippen molar-refractivity contribution in [2.75, 3.05) is 17.7 Å². The number of benzene rings is 1. The average Bonchev–Trinajstić information content (AvgIpc) is 3.35. The second-order valence-electron chi connectivity index (χ2n) is 5.39. The molecule has 1 atom stereocenters. The third-order valence-corrected chi connectivity index (χ3v) is 3.41. The van der Waals surface area contributed by atoms with Crippen molar-refractivity contribution < 1.29 is 18.8 Å². The van der Waals surface area contributed by atoms with Crippen molar-refractivity contribution >= 4 is 29.2 Å². The number of urea groups is 1. The summed E-state index contributed by atoms with van der Waals surface area (Å²) in [6.45, 7) is 1.56. The maximum Gasteiger partial charge on any atom is 0.321 e. The summed E-state index contributed by atoms with van der Waals surface area (Å²) in [6.07, 6.45) is 1.64. The number of imide groups is 1. The van der Waals surface area contributed by atoms with E-state index in [1.165, 1.54) is 25.2 Å². The van der Waals surface area contributed by atoms with E-state index in [2.05, 4.69) is 21.3 Å². The van der Waals surface area contributed by atoms with Crippen LogP contribution in [0, 0.1) is 11.7 Å². The van der Waals surface area contributed by atoms with Crippen LogP contribution < -0.4 is 21.3 Å². The summed E-state index contributed by atoms with van der Waals surface area (Å²) < 4.78 is 13.8. The van der Waals surface area contributed by atoms with Crippen LogP contribution >= 0.6 is 0 Å². The van der Waals surface area contributed by atoms with Crippen LogP contribution in [0.25, 0.3) is 0 Å². The lowest BCUT2D eigenvalue weighted by molar-refractivity contribution is -0.120. The summed E-state index contributed by atoms with van der Waals surface area (Å²) in [4.78, 5) is 34.6. The first-order valence-corrected chi connectivity index (χ1v) is 7.30. The van der Waals surface area contributed by atoms with Crippen LogP contribution in [0.3, 0.4) is 0 Å². The number of amides is 4. The maximum atomic E-state index is 13.8. The third-order valence-electron chi connectivity index (χ3n) is 3.41. The summed E-state index contributed by atoms with van der Waals surface area (Å²) in [7, 11) is 1.40. The lowest BCUT2D eigenvalue weighted by atomic mass is 10.2. The quantitative estimate of drug-likeness (QED) is 0.659. The van der Waals surface area contributed by atoms with Gasteiger partial charge in [0.15, 0.2) is 0 Å². The summed E-state index contributed by atoms with van der Waals surface area (Å²) in [5, 5.41) is 9.79. The van der Waals surface area contributed by atoms with Gasteiger partial charge < -0.3 is 16.0 Å². The van der Waals surface area contributed by atoms with Crippen molar-refractivity contribution in [3.05, 3.63) is 24.0 Å². The summed E-state index contributed by atoms with van der Waals surface area (Å²) >= 11 is 0. The Morgan fingerprint density at radius 2 is 1.96 bits per heavy atom. The van der Waals surface area contributed by atoms with E-state index in [9.17, 15) is 18.8 Å². The zero-order valence-corrected chi connectivity index (χ0v) is 12.9. The number of carbonyl (C=O) groups excluding carboxylic acids is 3. The smallest absolute Gasteiger partial charge is 0.321 e. The number of hydrogen-bond acceptors (Lipinski definition) is 4. The molecule has 0 bridgehead atoms. The molecule has 0 heterocycles. The summed E-state index contributed by atoms with van der Waals surface area (Å²) in [5.41, 5.74) is 0.517. The molecule has 0 aliphatic heterocycles. The van der Waals surface area contributed by atoms with Crippen molar-refractivity contribution in [2.24, 2.45) is 5.92 Å². The molecule has 1 aliphatic carbocycles. The van der Waals surface area contributed by atoms with Gasteiger partial charge in [-0.05, 0) is 38.0 Å². The van der Waals surface area contributed by atoms with Gasteiger partial charge in [-0.25, -0.2) is 9.18 Å². The molecule has 4 amide bonds. The fourth-order valence-corrected chi connectivity index (χ4v) is 1.89. The van der Waals surface area contributed by atoms with Crippen molar-refractivity contribution in [3.63, 3.8) is 0 Å². The fraction of sp³-hybridized carbons (Fsp3) is 0.400. The van der Waals surface area contributed by atoms with Gasteiger partial charge in [-0.3, -0.25) is 14.9 Å². The van der Waals surface area contributed by atoms with Gasteiger partial charge in [0.1, 0.15) is 11.9 Å². The van der Waals surface area contributed by atoms with Crippen LogP contribution in [0.2, 0.25) is 0 Å². The average molecular weight is 322 g/mol. The van der Waals surface area contributed by atoms with Crippen LogP contribution in [-0.4, -0.2) is 30.9 Å². The Bertz CT molecular complexity index is 631. The van der Waals surface area contributed by atoms with Gasteiger partial charge >= 0.3 is 6.03 Å². The standard InChI is InChI=1S/C15H19FN4O3/c1-8(13(21)20-15(23)17-2)18-10-5-6-11(16)12(7-10)19-14(22)9-3-4-9/h5-9,18H,3-4H2,1-2H3,(H,19,22)(H2,17,20,21,23)/t8-/m0/s1. The van der Waals surface area contributed by atoms with Gasteiger partial charge in [0, 0.05) is 18.7 Å². The molecule has 0 aromatic heterocycles. The highest BCUT2D eigenvalue weighted by Crippen LogP contribution is 2.31. The molecule has 7 nitrogen and oxygen atoms in total. The Kier molecular flexibility index (Phi) is 5.15. The zero-order valence-electron chi connectivity index (χ0n) is 12.9. The van der Waals surface area contributed by atoms with Gasteiger partial charge in [-0.2, -0.15) is 0 Å². The molecular weight excluding hydrogens is 303 g/mol. The van der Waals surface area contributed by atoms with Crippen molar-refractivity contribution in [2.45, 2.75) is 25.8 Å². The molecule has 0 radical (unpaired) electrons. The second-order valence-corrected chi connectivity index (χ2v) is 5.39. The first-order valence-electron chi connectivity index (χ1n) is 7.30. The topological polar surface area (TPSA) is 99.3 Å². The van der Waals surface area contributed by atoms with Crippen LogP contribution in [0.15, 0.2) is 18.2 Å². The Balaban J connectivity index is 2.00. The van der Waals surface area contributed by atoms with Gasteiger partial charge in [0.25, 0.3) is 0 Å². The SMILES string of the molecule is CNC(=O)NC(=O)[C@H](C)Nc1ccc(F)c(NC(=O)C2CC2)c1. The Morgan fingerprint density at radius 1 is 1.26 bits per heavy atom. The number of hydrogen-bond donors (Lipinski definition) is 4. The molecular formula is C15H19FN4O3. The number of carbonyl (C=O) groups is 3. The predicted octanol–water partition coefficient (Wildman–Crippen LogP) is 1.43. The molecule has 4 N–H and O–H groups in total. The minimum absolute atomic E-state index is 0.0386. The van der Waals surface area contributed by atoms with E-state index < -0.39 is 23.8 Å². The van der Waals surface area contributed by atoms with Crippen LogP contribution in [0.1, 0.15) is 19.8 Å². The van der Waals surface area contributed by atoms with Crippen LogP contribution in [-0.2, 0) is 9.59 Å². The number of anilines is 2. The normalized spacial score (nSPS) is 14.6. The Labute approximate surface area is 133 Å². The van der Waals surface area contributed by atoms with Gasteiger partial charge in [0.2, 0.25) is 11.8 Å². The second kappa shape index (κ2) is 7.08. The largest absolute Gasteiger partial charge is 0.374 e. The Hall–Kier alpha value is -2.64. The van der Waals surface area contributed by atoms with E-state index in [1.54, 1.807) is 6.92 Å². The van der Waals surface area contributed by atoms with E-state index in [-0.39, 0.29) is 17.5 Å². The number of rotatable bonds is 5. The molecule has 1 aliphatic rings. The number of nitrogens with one attached hydrogen (secondary N) is 4. The molecule has 1 aromatic rings. The van der Waals surface area contributed by atoms with Gasteiger partial charge in [-0.1, -0.05) is 0 Å². The lowest BCUT2D eigenvalue weighted by Gasteiger charge is -2.16. The van der Waals surface area contributed by atoms with E-state index in [0.29, 0.717) is 5.69 Å². The van der Waals surface area contributed by atoms with Crippen molar-refractivity contribution in [1.82, 2.24) is 10.6 Å². The first kappa shape index (κ1) is 16.7. The van der Waals surface area contributed by atoms with Gasteiger partial charge in [0.05, 0.1) is 5.69 Å². The highest BCUT2D eigenvalue weighted by molar-refractivity contribution is 5.98. The monoisotopic (exact) mass is 322 g/mol. The van der Waals surface area contributed by atoms with Crippen LogP contribution in [0.5, 0.6) is 0 Å². The first-order chi connectivity index (χ1) is 10.9. The molecule has 0 saturated heterocycles. The minimum atomic E-state index is -0.718. The minimum Gasteiger partial charge on any atom is -0.374 e. The molecule has 1 saturated carbocycles. The molecule has 2 rings (SSSR count). The highest BCUT2D eigenvalue weighted by atomic mass is 19.1. The molecule has 124 valence electrons. The zero-order chi connectivity index (χ0) is 17.0. The lowest BCUT2D eigenvalue weighted by Crippen LogP contribution is -2.44. The van der Waals surface area contributed by atoms with E-state index in [1.807, 2.05) is 0 Å². The summed E-state index contributed by atoms with van der Waals surface area (Å²) in [6, 6.07) is 2.74. The molecule has 1 aromatic carbocycles. The Morgan fingerprint density at radius 3 is 2.57 bits per heavy atom. The fourth-order valence-electron chi connectivity index (χ4n) is 1.89. The third kappa shape index (κ3) is 4.67. The molecule has 0 spiro atoms. The molecule has 0 unspecified atom stereocenters. The molecule has 1 fully saturated rings. The van der Waals surface area contributed by atoms with Gasteiger partial charge in [-0.15, -0.1) is 0 Å². The van der Waals surface area contributed by atoms with E-state index in [4.69, 9.17) is 0 Å². The molecule has 8 heteroatoms. The summed E-state index contributed by atoms with van der Waals surface area (Å²) in [5.74, 6) is -1.32. The van der Waals surface area contributed by atoms with E-state index in [0.717, 1.165) is 12.8 Å².